The Bertz CT molecular complexity index is 1910. The highest BCUT2D eigenvalue weighted by Gasteiger charge is 2.58. The molecule has 4 aromatic rings. The van der Waals surface area contributed by atoms with E-state index in [2.05, 4.69) is 134 Å². The molecule has 3 aromatic carbocycles. The number of fused-ring (bicyclic) bond motifs is 1. The summed E-state index contributed by atoms with van der Waals surface area (Å²) < 4.78 is 19.6. The van der Waals surface area contributed by atoms with Crippen LogP contribution in [0, 0.1) is 18.3 Å². The number of benzene rings is 3. The Hall–Kier alpha value is -3.60. The fourth-order valence-corrected chi connectivity index (χ4v) is 14.5. The SMILES string of the molecule is Cc1cc2cnc(NC(=O)[C@H]3CC34CCOCC4)cc2cc1N1CCN(C2(C)COCC2O[Si](c2ccccc2)(c2ccccc2)C(C)(C)C)C[C@@H]1C. The Morgan fingerprint density at radius 3 is 2.26 bits per heavy atom. The van der Waals surface area contributed by atoms with E-state index in [9.17, 15) is 4.79 Å². The van der Waals surface area contributed by atoms with Crippen molar-refractivity contribution in [3.63, 3.8) is 0 Å². The number of carbonyl (C=O) groups excluding carboxylic acids is 1. The van der Waals surface area contributed by atoms with Gasteiger partial charge in [-0.2, -0.15) is 0 Å². The molecular formula is C44H56N4O4Si. The van der Waals surface area contributed by atoms with Crippen LogP contribution >= 0.6 is 0 Å². The van der Waals surface area contributed by atoms with Crippen LogP contribution in [0.2, 0.25) is 5.04 Å². The molecule has 53 heavy (non-hydrogen) atoms. The maximum atomic E-state index is 13.2. The van der Waals surface area contributed by atoms with Crippen molar-refractivity contribution in [3.8, 4) is 0 Å². The van der Waals surface area contributed by atoms with Crippen molar-refractivity contribution in [2.45, 2.75) is 83.5 Å². The Morgan fingerprint density at radius 1 is 0.943 bits per heavy atom. The standard InChI is InChI=1S/C44H56N4O4Si/c1-31-23-34-27-45-40(46-41(49)37-26-44(37)17-21-50-22-18-44)25-33(34)24-38(31)48-20-19-47(28-32(48)2)43(6)30-51-29-39(43)52-53(42(3,4)5,35-13-9-7-10-14-35)36-15-11-8-12-16-36/h7-16,23-25,27,32,37,39H,17-22,26,28-30H2,1-6H3,(H,45,46,49)/t32-,37+,39?,43?/m0/s1. The van der Waals surface area contributed by atoms with E-state index >= 15 is 0 Å². The van der Waals surface area contributed by atoms with Gasteiger partial charge in [-0.05, 0) is 90.0 Å². The van der Waals surface area contributed by atoms with E-state index in [4.69, 9.17) is 13.9 Å². The molecule has 4 atom stereocenters. The number of amides is 1. The lowest BCUT2D eigenvalue weighted by Gasteiger charge is -2.52. The zero-order valence-corrected chi connectivity index (χ0v) is 33.4. The second-order valence-electron chi connectivity index (χ2n) is 17.4. The second kappa shape index (κ2) is 13.9. The van der Waals surface area contributed by atoms with Crippen molar-refractivity contribution < 1.29 is 18.7 Å². The van der Waals surface area contributed by atoms with Gasteiger partial charge in [0.2, 0.25) is 5.91 Å². The van der Waals surface area contributed by atoms with E-state index in [0.29, 0.717) is 19.0 Å². The van der Waals surface area contributed by atoms with Crippen LogP contribution < -0.4 is 20.6 Å². The molecular weight excluding hydrogens is 677 g/mol. The first-order chi connectivity index (χ1) is 25.4. The summed E-state index contributed by atoms with van der Waals surface area (Å²) in [6, 6.07) is 28.7. The van der Waals surface area contributed by atoms with Crippen molar-refractivity contribution >= 4 is 46.9 Å². The van der Waals surface area contributed by atoms with Crippen LogP contribution in [0.1, 0.15) is 59.4 Å². The highest BCUT2D eigenvalue weighted by molar-refractivity contribution is 6.99. The summed E-state index contributed by atoms with van der Waals surface area (Å²) in [4.78, 5) is 23.1. The van der Waals surface area contributed by atoms with Gasteiger partial charge in [0.1, 0.15) is 5.82 Å². The van der Waals surface area contributed by atoms with Crippen molar-refractivity contribution in [1.82, 2.24) is 9.88 Å². The minimum Gasteiger partial charge on any atom is -0.400 e. The Kier molecular flexibility index (Phi) is 9.55. The van der Waals surface area contributed by atoms with Crippen LogP contribution in [0.15, 0.2) is 85.1 Å². The normalized spacial score (nSPS) is 26.2. The summed E-state index contributed by atoms with van der Waals surface area (Å²) in [6.45, 7) is 19.4. The summed E-state index contributed by atoms with van der Waals surface area (Å²) in [5.41, 5.74) is 2.34. The average Bonchev–Trinajstić information content (AvgIpc) is 3.71. The number of hydrogen-bond acceptors (Lipinski definition) is 7. The molecule has 1 amide bonds. The van der Waals surface area contributed by atoms with Gasteiger partial charge in [-0.25, -0.2) is 4.98 Å². The van der Waals surface area contributed by atoms with Crippen LogP contribution in [-0.2, 0) is 18.7 Å². The summed E-state index contributed by atoms with van der Waals surface area (Å²) in [5, 5.41) is 7.82. The molecule has 0 radical (unpaired) electrons. The van der Waals surface area contributed by atoms with Crippen molar-refractivity contribution in [3.05, 3.63) is 90.6 Å². The van der Waals surface area contributed by atoms with Gasteiger partial charge in [0.05, 0.1) is 24.9 Å². The number of nitrogens with one attached hydrogen (secondary N) is 1. The van der Waals surface area contributed by atoms with E-state index < -0.39 is 8.32 Å². The van der Waals surface area contributed by atoms with Gasteiger partial charge in [0, 0.05) is 62.1 Å². The Labute approximate surface area is 316 Å². The van der Waals surface area contributed by atoms with Crippen molar-refractivity contribution in [2.75, 3.05) is 56.3 Å². The second-order valence-corrected chi connectivity index (χ2v) is 21.7. The molecule has 1 saturated carbocycles. The summed E-state index contributed by atoms with van der Waals surface area (Å²) >= 11 is 0. The van der Waals surface area contributed by atoms with Crippen LogP contribution in [0.4, 0.5) is 11.5 Å². The van der Waals surface area contributed by atoms with Crippen LogP contribution in [0.25, 0.3) is 10.8 Å². The number of anilines is 2. The third-order valence-electron chi connectivity index (χ3n) is 13.0. The number of hydrogen-bond donors (Lipinski definition) is 1. The minimum absolute atomic E-state index is 0.0654. The topological polar surface area (TPSA) is 76.2 Å². The van der Waals surface area contributed by atoms with Gasteiger partial charge >= 0.3 is 0 Å². The van der Waals surface area contributed by atoms with E-state index in [-0.39, 0.29) is 40.0 Å². The molecule has 1 aromatic heterocycles. The maximum absolute atomic E-state index is 13.2. The largest absolute Gasteiger partial charge is 0.400 e. The number of ether oxygens (including phenoxy) is 2. The molecule has 2 unspecified atom stereocenters. The molecule has 9 heteroatoms. The quantitative estimate of drug-likeness (QED) is 0.206. The molecule has 4 heterocycles. The molecule has 280 valence electrons. The van der Waals surface area contributed by atoms with Crippen LogP contribution in [-0.4, -0.2) is 87.9 Å². The number of aromatic nitrogens is 1. The van der Waals surface area contributed by atoms with Crippen molar-refractivity contribution in [2.24, 2.45) is 11.3 Å². The van der Waals surface area contributed by atoms with E-state index in [0.717, 1.165) is 62.9 Å². The zero-order chi connectivity index (χ0) is 37.0. The lowest BCUT2D eigenvalue weighted by atomic mass is 9.93. The van der Waals surface area contributed by atoms with Crippen LogP contribution in [0.3, 0.4) is 0 Å². The predicted octanol–water partition coefficient (Wildman–Crippen LogP) is 6.54. The number of pyridine rings is 1. The molecule has 4 aliphatic rings. The highest BCUT2D eigenvalue weighted by atomic mass is 28.4. The first-order valence-corrected chi connectivity index (χ1v) is 21.5. The molecule has 1 N–H and O–H groups in total. The Balaban J connectivity index is 1.01. The molecule has 8 rings (SSSR count). The van der Waals surface area contributed by atoms with Gasteiger partial charge in [0.15, 0.2) is 0 Å². The van der Waals surface area contributed by atoms with E-state index in [1.165, 1.54) is 21.6 Å². The summed E-state index contributed by atoms with van der Waals surface area (Å²) in [6.07, 6.45) is 4.73. The molecule has 4 fully saturated rings. The predicted molar refractivity (Wildman–Crippen MR) is 216 cm³/mol. The fraction of sp³-hybridized carbons (Fsp3) is 0.500. The number of carbonyl (C=O) groups is 1. The number of rotatable bonds is 8. The average molecular weight is 733 g/mol. The molecule has 3 saturated heterocycles. The minimum atomic E-state index is -2.77. The molecule has 1 aliphatic carbocycles. The molecule has 1 spiro atoms. The van der Waals surface area contributed by atoms with Gasteiger partial charge in [-0.1, -0.05) is 81.4 Å². The summed E-state index contributed by atoms with van der Waals surface area (Å²) in [5.74, 6) is 0.790. The molecule has 8 nitrogen and oxygen atoms in total. The van der Waals surface area contributed by atoms with E-state index in [1.54, 1.807) is 0 Å². The Morgan fingerprint density at radius 2 is 1.62 bits per heavy atom. The first kappa shape index (κ1) is 36.4. The summed E-state index contributed by atoms with van der Waals surface area (Å²) in [7, 11) is -2.77. The zero-order valence-electron chi connectivity index (χ0n) is 32.4. The molecule has 3 aliphatic heterocycles. The van der Waals surface area contributed by atoms with Gasteiger partial charge in [-0.15, -0.1) is 0 Å². The fourth-order valence-electron chi connectivity index (χ4n) is 9.72. The number of aryl methyl sites for hydroxylation is 1. The number of piperazine rings is 1. The van der Waals surface area contributed by atoms with Gasteiger partial charge in [-0.3, -0.25) is 9.69 Å². The maximum Gasteiger partial charge on any atom is 0.261 e. The van der Waals surface area contributed by atoms with Crippen LogP contribution in [0.5, 0.6) is 0 Å². The van der Waals surface area contributed by atoms with Gasteiger partial charge < -0.3 is 24.1 Å². The lowest BCUT2D eigenvalue weighted by molar-refractivity contribution is -0.118. The highest BCUT2D eigenvalue weighted by Crippen LogP contribution is 2.59. The van der Waals surface area contributed by atoms with Gasteiger partial charge in [0.25, 0.3) is 8.32 Å². The van der Waals surface area contributed by atoms with Crippen molar-refractivity contribution in [1.29, 1.82) is 0 Å². The monoisotopic (exact) mass is 732 g/mol. The molecule has 0 bridgehead atoms. The first-order valence-electron chi connectivity index (χ1n) is 19.6. The smallest absolute Gasteiger partial charge is 0.261 e. The third-order valence-corrected chi connectivity index (χ3v) is 18.1. The number of nitrogens with zero attached hydrogens (tertiary/aromatic N) is 3. The third kappa shape index (κ3) is 6.52. The lowest BCUT2D eigenvalue weighted by Crippen LogP contribution is -2.71. The van der Waals surface area contributed by atoms with E-state index in [1.807, 2.05) is 12.3 Å².